The number of hydrogen-bond donors (Lipinski definition) is 2. The number of thioether (sulfide) groups is 1. The maximum absolute atomic E-state index is 12.5. The summed E-state index contributed by atoms with van der Waals surface area (Å²) in [7, 11) is 0. The fraction of sp³-hybridized carbons (Fsp3) is 0.130. The maximum atomic E-state index is 12.5. The Balaban J connectivity index is 1.43. The molecule has 140 valence electrons. The molecule has 0 saturated carbocycles. The number of benzene rings is 3. The van der Waals surface area contributed by atoms with E-state index in [0.717, 1.165) is 33.9 Å². The van der Waals surface area contributed by atoms with Gasteiger partial charge in [0.05, 0.1) is 16.7 Å². The van der Waals surface area contributed by atoms with Gasteiger partial charge < -0.3 is 10.3 Å². The number of H-pyrrole nitrogens is 1. The number of fused-ring (bicyclic) bond motifs is 1. The van der Waals surface area contributed by atoms with Gasteiger partial charge in [-0.15, -0.1) is 11.8 Å². The van der Waals surface area contributed by atoms with E-state index < -0.39 is 0 Å². The molecule has 4 aromatic rings. The predicted octanol–water partition coefficient (Wildman–Crippen LogP) is 5.66. The Morgan fingerprint density at radius 1 is 1.00 bits per heavy atom. The van der Waals surface area contributed by atoms with Gasteiger partial charge in [-0.2, -0.15) is 0 Å². The van der Waals surface area contributed by atoms with Crippen molar-refractivity contribution in [1.82, 2.24) is 9.97 Å². The zero-order chi connectivity index (χ0) is 19.3. The molecule has 0 spiro atoms. The highest BCUT2D eigenvalue weighted by molar-refractivity contribution is 7.99. The van der Waals surface area contributed by atoms with Gasteiger partial charge in [0.15, 0.2) is 0 Å². The van der Waals surface area contributed by atoms with E-state index in [1.807, 2.05) is 48.5 Å². The molecule has 0 atom stereocenters. The van der Waals surface area contributed by atoms with Crippen molar-refractivity contribution in [2.24, 2.45) is 0 Å². The number of imidazole rings is 1. The molecule has 4 nitrogen and oxygen atoms in total. The fourth-order valence-electron chi connectivity index (χ4n) is 2.99. The quantitative estimate of drug-likeness (QED) is 0.420. The van der Waals surface area contributed by atoms with Crippen LogP contribution < -0.4 is 5.32 Å². The molecular weight excluding hydrogens is 366 g/mol. The molecule has 1 amide bonds. The Hall–Kier alpha value is -3.05. The molecule has 1 aromatic heterocycles. The second-order valence-corrected chi connectivity index (χ2v) is 7.78. The number of para-hydroxylation sites is 3. The van der Waals surface area contributed by atoms with Crippen molar-refractivity contribution < 1.29 is 4.79 Å². The molecule has 28 heavy (non-hydrogen) atoms. The van der Waals surface area contributed by atoms with Gasteiger partial charge in [0.1, 0.15) is 5.82 Å². The average Bonchev–Trinajstić information content (AvgIpc) is 3.14. The van der Waals surface area contributed by atoms with Crippen LogP contribution >= 0.6 is 11.8 Å². The number of rotatable bonds is 6. The van der Waals surface area contributed by atoms with Crippen molar-refractivity contribution in [2.45, 2.75) is 18.2 Å². The van der Waals surface area contributed by atoms with Crippen LogP contribution in [0.3, 0.4) is 0 Å². The number of nitrogens with zero attached hydrogens (tertiary/aromatic N) is 1. The SMILES string of the molecule is Cc1ccc(SCCC(=O)Nc2ccccc2-c2nc3ccccc3[nH]2)cc1. The van der Waals surface area contributed by atoms with Crippen molar-refractivity contribution in [2.75, 3.05) is 11.1 Å². The molecule has 0 unspecified atom stereocenters. The van der Waals surface area contributed by atoms with E-state index in [-0.39, 0.29) is 5.91 Å². The normalized spacial score (nSPS) is 10.9. The summed E-state index contributed by atoms with van der Waals surface area (Å²) in [6, 6.07) is 24.0. The minimum atomic E-state index is 0.00294. The Morgan fingerprint density at radius 3 is 2.57 bits per heavy atom. The number of aromatic nitrogens is 2. The van der Waals surface area contributed by atoms with E-state index in [2.05, 4.69) is 46.5 Å². The van der Waals surface area contributed by atoms with Crippen LogP contribution in [-0.2, 0) is 4.79 Å². The summed E-state index contributed by atoms with van der Waals surface area (Å²) in [6.07, 6.45) is 0.451. The molecular formula is C23H21N3OS. The highest BCUT2D eigenvalue weighted by Gasteiger charge is 2.11. The topological polar surface area (TPSA) is 57.8 Å². The van der Waals surface area contributed by atoms with Crippen LogP contribution in [0.1, 0.15) is 12.0 Å². The van der Waals surface area contributed by atoms with E-state index >= 15 is 0 Å². The Kier molecular flexibility index (Phi) is 5.44. The third-order valence-electron chi connectivity index (χ3n) is 4.46. The van der Waals surface area contributed by atoms with Gasteiger partial charge in [0.2, 0.25) is 5.91 Å². The largest absolute Gasteiger partial charge is 0.338 e. The number of nitrogens with one attached hydrogen (secondary N) is 2. The first-order chi connectivity index (χ1) is 13.7. The summed E-state index contributed by atoms with van der Waals surface area (Å²) in [4.78, 5) is 21.6. The van der Waals surface area contributed by atoms with E-state index in [9.17, 15) is 4.79 Å². The van der Waals surface area contributed by atoms with Crippen molar-refractivity contribution in [3.63, 3.8) is 0 Å². The Bertz CT molecular complexity index is 1070. The summed E-state index contributed by atoms with van der Waals surface area (Å²) >= 11 is 1.69. The van der Waals surface area contributed by atoms with Crippen LogP contribution in [0, 0.1) is 6.92 Å². The summed E-state index contributed by atoms with van der Waals surface area (Å²) in [5, 5.41) is 3.04. The zero-order valence-corrected chi connectivity index (χ0v) is 16.4. The van der Waals surface area contributed by atoms with Crippen molar-refractivity contribution in [3.8, 4) is 11.4 Å². The second-order valence-electron chi connectivity index (χ2n) is 6.61. The molecule has 5 heteroatoms. The first-order valence-electron chi connectivity index (χ1n) is 9.22. The van der Waals surface area contributed by atoms with Crippen LogP contribution in [0.15, 0.2) is 77.7 Å². The monoisotopic (exact) mass is 387 g/mol. The molecule has 0 aliphatic carbocycles. The molecule has 2 N–H and O–H groups in total. The molecule has 4 rings (SSSR count). The predicted molar refractivity (Wildman–Crippen MR) is 117 cm³/mol. The van der Waals surface area contributed by atoms with Crippen molar-refractivity contribution in [3.05, 3.63) is 78.4 Å². The van der Waals surface area contributed by atoms with Gasteiger partial charge in [0.25, 0.3) is 0 Å². The first-order valence-corrected chi connectivity index (χ1v) is 10.2. The molecule has 0 saturated heterocycles. The van der Waals surface area contributed by atoms with E-state index in [0.29, 0.717) is 6.42 Å². The van der Waals surface area contributed by atoms with Crippen LogP contribution in [0.4, 0.5) is 5.69 Å². The number of amides is 1. The minimum absolute atomic E-state index is 0.00294. The molecule has 0 aliphatic heterocycles. The maximum Gasteiger partial charge on any atom is 0.225 e. The third kappa shape index (κ3) is 4.26. The number of anilines is 1. The van der Waals surface area contributed by atoms with Gasteiger partial charge in [-0.3, -0.25) is 4.79 Å². The van der Waals surface area contributed by atoms with Crippen molar-refractivity contribution in [1.29, 1.82) is 0 Å². The lowest BCUT2D eigenvalue weighted by Gasteiger charge is -2.09. The fourth-order valence-corrected chi connectivity index (χ4v) is 3.84. The molecule has 0 radical (unpaired) electrons. The van der Waals surface area contributed by atoms with Crippen LogP contribution in [0.25, 0.3) is 22.4 Å². The molecule has 3 aromatic carbocycles. The zero-order valence-electron chi connectivity index (χ0n) is 15.6. The highest BCUT2D eigenvalue weighted by Crippen LogP contribution is 2.28. The van der Waals surface area contributed by atoms with E-state index in [1.165, 1.54) is 10.5 Å². The van der Waals surface area contributed by atoms with E-state index in [4.69, 9.17) is 0 Å². The van der Waals surface area contributed by atoms with Gasteiger partial charge in [-0.25, -0.2) is 4.98 Å². The van der Waals surface area contributed by atoms with Gasteiger partial charge in [0, 0.05) is 22.6 Å². The van der Waals surface area contributed by atoms with Gasteiger partial charge in [-0.1, -0.05) is 42.0 Å². The van der Waals surface area contributed by atoms with Gasteiger partial charge in [-0.05, 0) is 43.3 Å². The highest BCUT2D eigenvalue weighted by atomic mass is 32.2. The number of aromatic amines is 1. The van der Waals surface area contributed by atoms with Crippen molar-refractivity contribution >= 4 is 34.4 Å². The van der Waals surface area contributed by atoms with Crippen LogP contribution in [0.5, 0.6) is 0 Å². The lowest BCUT2D eigenvalue weighted by molar-refractivity contribution is -0.115. The minimum Gasteiger partial charge on any atom is -0.338 e. The number of aryl methyl sites for hydroxylation is 1. The van der Waals surface area contributed by atoms with Crippen LogP contribution in [-0.4, -0.2) is 21.6 Å². The summed E-state index contributed by atoms with van der Waals surface area (Å²) in [5.74, 6) is 1.50. The Morgan fingerprint density at radius 2 is 1.75 bits per heavy atom. The average molecular weight is 388 g/mol. The number of hydrogen-bond acceptors (Lipinski definition) is 3. The van der Waals surface area contributed by atoms with Crippen LogP contribution in [0.2, 0.25) is 0 Å². The standard InChI is InChI=1S/C23H21N3OS/c1-16-10-12-17(13-11-16)28-15-14-22(27)24-19-7-3-2-6-18(19)23-25-20-8-4-5-9-21(20)26-23/h2-13H,14-15H2,1H3,(H,24,27)(H,25,26). The summed E-state index contributed by atoms with van der Waals surface area (Å²) in [6.45, 7) is 2.07. The molecule has 0 fully saturated rings. The molecule has 1 heterocycles. The number of carbonyl (C=O) groups is 1. The smallest absolute Gasteiger partial charge is 0.225 e. The summed E-state index contributed by atoms with van der Waals surface area (Å²) < 4.78 is 0. The van der Waals surface area contributed by atoms with E-state index in [1.54, 1.807) is 11.8 Å². The lowest BCUT2D eigenvalue weighted by atomic mass is 10.1. The lowest BCUT2D eigenvalue weighted by Crippen LogP contribution is -2.13. The van der Waals surface area contributed by atoms with Gasteiger partial charge >= 0.3 is 0 Å². The summed E-state index contributed by atoms with van der Waals surface area (Å²) in [5.41, 5.74) is 4.79. The third-order valence-corrected chi connectivity index (χ3v) is 5.48. The molecule has 0 bridgehead atoms. The first kappa shape index (κ1) is 18.3. The molecule has 0 aliphatic rings. The Labute approximate surface area is 168 Å². The number of carbonyl (C=O) groups excluding carboxylic acids is 1. The second kappa shape index (κ2) is 8.31.